The molecule has 8 nitrogen and oxygen atoms in total. The van der Waals surface area contributed by atoms with E-state index in [1.54, 1.807) is 24.0 Å². The van der Waals surface area contributed by atoms with E-state index >= 15 is 0 Å². The van der Waals surface area contributed by atoms with Gasteiger partial charge in [-0.3, -0.25) is 14.4 Å². The van der Waals surface area contributed by atoms with Gasteiger partial charge in [0.15, 0.2) is 0 Å². The number of nitrogens with one attached hydrogen (secondary N) is 1. The predicted molar refractivity (Wildman–Crippen MR) is 111 cm³/mol. The molecule has 1 fully saturated rings. The summed E-state index contributed by atoms with van der Waals surface area (Å²) >= 11 is 0. The number of carbonyl (C=O) groups excluding carboxylic acids is 3. The quantitative estimate of drug-likeness (QED) is 0.699. The number of amides is 3. The first kappa shape index (κ1) is 22.3. The summed E-state index contributed by atoms with van der Waals surface area (Å²) < 4.78 is 13.0. The number of rotatable bonds is 7. The molecule has 0 bridgehead atoms. The van der Waals surface area contributed by atoms with Gasteiger partial charge in [0, 0.05) is 44.6 Å². The van der Waals surface area contributed by atoms with Gasteiger partial charge < -0.3 is 16.0 Å². The Morgan fingerprint density at radius 1 is 1.23 bits per heavy atom. The molecule has 1 aromatic heterocycles. The highest BCUT2D eigenvalue weighted by Crippen LogP contribution is 2.25. The van der Waals surface area contributed by atoms with Crippen molar-refractivity contribution in [2.45, 2.75) is 45.1 Å². The first-order chi connectivity index (χ1) is 14.8. The van der Waals surface area contributed by atoms with Crippen LogP contribution in [0.15, 0.2) is 30.5 Å². The number of hydrogen-bond donors (Lipinski definition) is 2. The Bertz CT molecular complexity index is 964. The molecular formula is C22H26FN5O3. The van der Waals surface area contributed by atoms with Crippen LogP contribution >= 0.6 is 0 Å². The molecular weight excluding hydrogens is 401 g/mol. The lowest BCUT2D eigenvalue weighted by Crippen LogP contribution is -2.40. The van der Waals surface area contributed by atoms with Crippen LogP contribution in [0.2, 0.25) is 0 Å². The minimum Gasteiger partial charge on any atom is -0.370 e. The van der Waals surface area contributed by atoms with Crippen LogP contribution < -0.4 is 11.1 Å². The standard InChI is InChI=1S/C22H26FN5O3/c1-14-18(22(31)26-11-15-4-6-17(23)7-5-15)12-25-21(27-14)16-3-2-10-28(13-16)20(30)9-8-19(24)29/h4-7,12,16H,2-3,8-11,13H2,1H3,(H2,24,29)(H,26,31)/t16-/m1/s1. The molecule has 1 aromatic carbocycles. The monoisotopic (exact) mass is 427 g/mol. The van der Waals surface area contributed by atoms with Gasteiger partial charge in [-0.2, -0.15) is 0 Å². The molecule has 0 saturated carbocycles. The van der Waals surface area contributed by atoms with Gasteiger partial charge in [-0.05, 0) is 37.5 Å². The van der Waals surface area contributed by atoms with Crippen molar-refractivity contribution in [2.24, 2.45) is 5.73 Å². The molecule has 31 heavy (non-hydrogen) atoms. The zero-order valence-corrected chi connectivity index (χ0v) is 17.4. The van der Waals surface area contributed by atoms with Crippen LogP contribution in [0.1, 0.15) is 59.0 Å². The fraction of sp³-hybridized carbons (Fsp3) is 0.409. The predicted octanol–water partition coefficient (Wildman–Crippen LogP) is 1.83. The van der Waals surface area contributed by atoms with E-state index < -0.39 is 5.91 Å². The molecule has 1 aliphatic heterocycles. The van der Waals surface area contributed by atoms with Gasteiger partial charge in [-0.25, -0.2) is 14.4 Å². The summed E-state index contributed by atoms with van der Waals surface area (Å²) in [6, 6.07) is 5.91. The fourth-order valence-corrected chi connectivity index (χ4v) is 3.59. The smallest absolute Gasteiger partial charge is 0.254 e. The molecule has 0 radical (unpaired) electrons. The normalized spacial score (nSPS) is 16.1. The highest BCUT2D eigenvalue weighted by Gasteiger charge is 2.27. The second-order valence-electron chi connectivity index (χ2n) is 7.68. The Kier molecular flexibility index (Phi) is 7.28. The van der Waals surface area contributed by atoms with E-state index in [4.69, 9.17) is 5.73 Å². The van der Waals surface area contributed by atoms with Crippen molar-refractivity contribution in [3.8, 4) is 0 Å². The molecule has 3 N–H and O–H groups in total. The van der Waals surface area contributed by atoms with Crippen molar-refractivity contribution in [3.05, 3.63) is 58.9 Å². The van der Waals surface area contributed by atoms with Crippen molar-refractivity contribution >= 4 is 17.7 Å². The number of likely N-dealkylation sites (tertiary alicyclic amines) is 1. The fourth-order valence-electron chi connectivity index (χ4n) is 3.59. The van der Waals surface area contributed by atoms with E-state index in [0.717, 1.165) is 18.4 Å². The van der Waals surface area contributed by atoms with Crippen LogP contribution in [0.5, 0.6) is 0 Å². The molecule has 0 unspecified atom stereocenters. The van der Waals surface area contributed by atoms with Crippen LogP contribution in [-0.4, -0.2) is 45.7 Å². The Morgan fingerprint density at radius 2 is 1.97 bits per heavy atom. The number of aromatic nitrogens is 2. The van der Waals surface area contributed by atoms with Gasteiger partial charge in [0.05, 0.1) is 11.3 Å². The van der Waals surface area contributed by atoms with E-state index in [-0.39, 0.29) is 42.9 Å². The number of primary amides is 1. The largest absolute Gasteiger partial charge is 0.370 e. The van der Waals surface area contributed by atoms with Crippen molar-refractivity contribution in [1.29, 1.82) is 0 Å². The highest BCUT2D eigenvalue weighted by atomic mass is 19.1. The van der Waals surface area contributed by atoms with Gasteiger partial charge >= 0.3 is 0 Å². The summed E-state index contributed by atoms with van der Waals surface area (Å²) in [6.07, 6.45) is 3.31. The molecule has 3 amide bonds. The Hall–Kier alpha value is -3.36. The topological polar surface area (TPSA) is 118 Å². The lowest BCUT2D eigenvalue weighted by molar-refractivity contribution is -0.134. The number of carbonyl (C=O) groups is 3. The number of hydrogen-bond acceptors (Lipinski definition) is 5. The molecule has 9 heteroatoms. The van der Waals surface area contributed by atoms with Crippen molar-refractivity contribution in [2.75, 3.05) is 13.1 Å². The van der Waals surface area contributed by atoms with Crippen LogP contribution in [0.25, 0.3) is 0 Å². The van der Waals surface area contributed by atoms with Crippen molar-refractivity contribution in [1.82, 2.24) is 20.2 Å². The Labute approximate surface area is 180 Å². The van der Waals surface area contributed by atoms with Gasteiger partial charge in [0.1, 0.15) is 11.6 Å². The zero-order valence-electron chi connectivity index (χ0n) is 17.4. The number of halogens is 1. The summed E-state index contributed by atoms with van der Waals surface area (Å²) in [5.74, 6) is -0.654. The minimum absolute atomic E-state index is 0.0266. The molecule has 1 aliphatic rings. The average molecular weight is 427 g/mol. The second kappa shape index (κ2) is 10.1. The lowest BCUT2D eigenvalue weighted by atomic mass is 9.96. The molecule has 1 saturated heterocycles. The van der Waals surface area contributed by atoms with E-state index in [1.165, 1.54) is 18.3 Å². The Balaban J connectivity index is 1.61. The van der Waals surface area contributed by atoms with E-state index in [0.29, 0.717) is 30.2 Å². The summed E-state index contributed by atoms with van der Waals surface area (Å²) in [7, 11) is 0. The molecule has 1 atom stereocenters. The first-order valence-electron chi connectivity index (χ1n) is 10.3. The van der Waals surface area contributed by atoms with Crippen molar-refractivity contribution in [3.63, 3.8) is 0 Å². The average Bonchev–Trinajstić information content (AvgIpc) is 2.76. The molecule has 0 spiro atoms. The highest BCUT2D eigenvalue weighted by molar-refractivity contribution is 5.94. The molecule has 2 aromatic rings. The third-order valence-electron chi connectivity index (χ3n) is 5.33. The lowest BCUT2D eigenvalue weighted by Gasteiger charge is -2.32. The van der Waals surface area contributed by atoms with Crippen LogP contribution in [0.3, 0.4) is 0 Å². The minimum atomic E-state index is -0.492. The third-order valence-corrected chi connectivity index (χ3v) is 5.33. The number of aryl methyl sites for hydroxylation is 1. The molecule has 2 heterocycles. The van der Waals surface area contributed by atoms with Crippen LogP contribution in [0, 0.1) is 12.7 Å². The third kappa shape index (κ3) is 6.07. The zero-order chi connectivity index (χ0) is 22.4. The maximum Gasteiger partial charge on any atom is 0.254 e. The maximum absolute atomic E-state index is 13.0. The molecule has 3 rings (SSSR count). The second-order valence-corrected chi connectivity index (χ2v) is 7.68. The number of piperidine rings is 1. The van der Waals surface area contributed by atoms with Gasteiger partial charge in [-0.1, -0.05) is 12.1 Å². The summed E-state index contributed by atoms with van der Waals surface area (Å²) in [4.78, 5) is 46.4. The summed E-state index contributed by atoms with van der Waals surface area (Å²) in [5, 5.41) is 2.79. The summed E-state index contributed by atoms with van der Waals surface area (Å²) in [5.41, 5.74) is 6.84. The summed E-state index contributed by atoms with van der Waals surface area (Å²) in [6.45, 7) is 3.13. The first-order valence-corrected chi connectivity index (χ1v) is 10.3. The van der Waals surface area contributed by atoms with E-state index in [1.807, 2.05) is 0 Å². The van der Waals surface area contributed by atoms with E-state index in [2.05, 4.69) is 15.3 Å². The number of benzene rings is 1. The number of nitrogens with two attached hydrogens (primary N) is 1. The van der Waals surface area contributed by atoms with Gasteiger partial charge in [0.2, 0.25) is 11.8 Å². The maximum atomic E-state index is 13.0. The van der Waals surface area contributed by atoms with Gasteiger partial charge in [0.25, 0.3) is 5.91 Å². The Morgan fingerprint density at radius 3 is 2.65 bits per heavy atom. The molecule has 0 aliphatic carbocycles. The van der Waals surface area contributed by atoms with Crippen LogP contribution in [0.4, 0.5) is 4.39 Å². The SMILES string of the molecule is Cc1nc([C@@H]2CCCN(C(=O)CCC(N)=O)C2)ncc1C(=O)NCc1ccc(F)cc1. The van der Waals surface area contributed by atoms with Crippen LogP contribution in [-0.2, 0) is 16.1 Å². The van der Waals surface area contributed by atoms with Gasteiger partial charge in [-0.15, -0.1) is 0 Å². The number of nitrogens with zero attached hydrogens (tertiary/aromatic N) is 3. The van der Waals surface area contributed by atoms with Crippen molar-refractivity contribution < 1.29 is 18.8 Å². The molecule has 164 valence electrons. The van der Waals surface area contributed by atoms with E-state index in [9.17, 15) is 18.8 Å².